The van der Waals surface area contributed by atoms with Crippen LogP contribution in [-0.2, 0) is 4.79 Å². The first-order chi connectivity index (χ1) is 9.99. The molecule has 3 nitrogen and oxygen atoms in total. The minimum atomic E-state index is -0.421. The molecule has 1 saturated heterocycles. The summed E-state index contributed by atoms with van der Waals surface area (Å²) in [6.07, 6.45) is 1.90. The molecule has 1 amide bonds. The summed E-state index contributed by atoms with van der Waals surface area (Å²) in [5, 5.41) is 0. The number of ether oxygens (including phenoxy) is 1. The molecule has 1 fully saturated rings. The predicted molar refractivity (Wildman–Crippen MR) is 85.6 cm³/mol. The van der Waals surface area contributed by atoms with Gasteiger partial charge in [0.2, 0.25) is 0 Å². The zero-order valence-corrected chi connectivity index (χ0v) is 13.6. The fraction of sp³-hybridized carbons (Fsp3) is 0.611. The highest BCUT2D eigenvalue weighted by molar-refractivity contribution is 5.81. The molecule has 0 aliphatic carbocycles. The summed E-state index contributed by atoms with van der Waals surface area (Å²) in [7, 11) is 0. The van der Waals surface area contributed by atoms with Gasteiger partial charge in [-0.05, 0) is 43.2 Å². The first-order valence-electron chi connectivity index (χ1n) is 8.03. The Hall–Kier alpha value is -1.51. The quantitative estimate of drug-likeness (QED) is 0.843. The second-order valence-electron chi connectivity index (χ2n) is 6.48. The molecular formula is C18H27NO2. The number of amides is 1. The summed E-state index contributed by atoms with van der Waals surface area (Å²) < 4.78 is 5.97. The maximum absolute atomic E-state index is 12.5. The smallest absolute Gasteiger partial charge is 0.263 e. The monoisotopic (exact) mass is 289 g/mol. The van der Waals surface area contributed by atoms with Gasteiger partial charge in [-0.3, -0.25) is 4.79 Å². The van der Waals surface area contributed by atoms with Crippen molar-refractivity contribution in [3.05, 3.63) is 29.8 Å². The van der Waals surface area contributed by atoms with Gasteiger partial charge in [-0.2, -0.15) is 0 Å². The maximum Gasteiger partial charge on any atom is 0.263 e. The average Bonchev–Trinajstić information content (AvgIpc) is 2.46. The van der Waals surface area contributed by atoms with Crippen LogP contribution in [0.3, 0.4) is 0 Å². The Morgan fingerprint density at radius 3 is 2.67 bits per heavy atom. The van der Waals surface area contributed by atoms with Crippen molar-refractivity contribution in [1.82, 2.24) is 4.90 Å². The number of para-hydroxylation sites is 1. The first-order valence-corrected chi connectivity index (χ1v) is 8.03. The lowest BCUT2D eigenvalue weighted by Gasteiger charge is -2.33. The van der Waals surface area contributed by atoms with E-state index >= 15 is 0 Å². The Labute approximate surface area is 128 Å². The number of likely N-dealkylation sites (tertiary alicyclic amines) is 1. The lowest BCUT2D eigenvalue weighted by Crippen LogP contribution is -2.45. The lowest BCUT2D eigenvalue weighted by molar-refractivity contribution is -0.139. The van der Waals surface area contributed by atoms with E-state index in [-0.39, 0.29) is 5.91 Å². The number of nitrogens with zero attached hydrogens (tertiary/aromatic N) is 1. The van der Waals surface area contributed by atoms with Crippen molar-refractivity contribution in [1.29, 1.82) is 0 Å². The van der Waals surface area contributed by atoms with Crippen LogP contribution in [0.4, 0.5) is 0 Å². The number of hydrogen-bond acceptors (Lipinski definition) is 2. The summed E-state index contributed by atoms with van der Waals surface area (Å²) in [5.74, 6) is 1.93. The number of benzene rings is 1. The van der Waals surface area contributed by atoms with Gasteiger partial charge in [0.05, 0.1) is 0 Å². The molecule has 116 valence electrons. The fourth-order valence-corrected chi connectivity index (χ4v) is 2.95. The van der Waals surface area contributed by atoms with Gasteiger partial charge in [-0.25, -0.2) is 0 Å². The highest BCUT2D eigenvalue weighted by Gasteiger charge is 2.26. The molecule has 0 spiro atoms. The molecule has 2 atom stereocenters. The van der Waals surface area contributed by atoms with E-state index in [2.05, 4.69) is 26.8 Å². The number of hydrogen-bond donors (Lipinski definition) is 0. The van der Waals surface area contributed by atoms with Crippen LogP contribution in [-0.4, -0.2) is 30.0 Å². The minimum Gasteiger partial charge on any atom is -0.481 e. The maximum atomic E-state index is 12.5. The van der Waals surface area contributed by atoms with Gasteiger partial charge >= 0.3 is 0 Å². The van der Waals surface area contributed by atoms with E-state index in [1.165, 1.54) is 6.42 Å². The highest BCUT2D eigenvalue weighted by Crippen LogP contribution is 2.27. The average molecular weight is 289 g/mol. The Kier molecular flexibility index (Phi) is 5.27. The summed E-state index contributed by atoms with van der Waals surface area (Å²) >= 11 is 0. The second kappa shape index (κ2) is 6.97. The van der Waals surface area contributed by atoms with Crippen molar-refractivity contribution >= 4 is 5.91 Å². The minimum absolute atomic E-state index is 0.111. The van der Waals surface area contributed by atoms with Crippen molar-refractivity contribution in [3.8, 4) is 5.75 Å². The Balaban J connectivity index is 2.04. The van der Waals surface area contributed by atoms with Crippen molar-refractivity contribution in [2.75, 3.05) is 13.1 Å². The highest BCUT2D eigenvalue weighted by atomic mass is 16.5. The topological polar surface area (TPSA) is 29.5 Å². The van der Waals surface area contributed by atoms with E-state index in [0.717, 1.165) is 30.8 Å². The van der Waals surface area contributed by atoms with Crippen molar-refractivity contribution in [2.45, 2.75) is 52.6 Å². The Morgan fingerprint density at radius 1 is 1.29 bits per heavy atom. The molecule has 0 bridgehead atoms. The molecular weight excluding hydrogens is 262 g/mol. The van der Waals surface area contributed by atoms with Gasteiger partial charge in [0.15, 0.2) is 6.10 Å². The van der Waals surface area contributed by atoms with Gasteiger partial charge < -0.3 is 9.64 Å². The van der Waals surface area contributed by atoms with Gasteiger partial charge in [0, 0.05) is 13.1 Å². The van der Waals surface area contributed by atoms with Crippen LogP contribution in [0.5, 0.6) is 5.75 Å². The number of rotatable bonds is 4. The van der Waals surface area contributed by atoms with Crippen LogP contribution in [0.2, 0.25) is 0 Å². The fourth-order valence-electron chi connectivity index (χ4n) is 2.95. The second-order valence-corrected chi connectivity index (χ2v) is 6.48. The van der Waals surface area contributed by atoms with E-state index in [1.54, 1.807) is 0 Å². The lowest BCUT2D eigenvalue weighted by atomic mass is 10.00. The third-order valence-corrected chi connectivity index (χ3v) is 4.16. The molecule has 1 aliphatic heterocycles. The van der Waals surface area contributed by atoms with Gasteiger partial charge in [0.25, 0.3) is 5.91 Å². The molecule has 0 unspecified atom stereocenters. The third-order valence-electron chi connectivity index (χ3n) is 4.16. The van der Waals surface area contributed by atoms with Crippen LogP contribution >= 0.6 is 0 Å². The third kappa shape index (κ3) is 3.99. The van der Waals surface area contributed by atoms with E-state index in [0.29, 0.717) is 11.8 Å². The molecule has 21 heavy (non-hydrogen) atoms. The van der Waals surface area contributed by atoms with Crippen LogP contribution in [0.15, 0.2) is 24.3 Å². The molecule has 0 aromatic heterocycles. The predicted octanol–water partition coefficient (Wildman–Crippen LogP) is 3.84. The van der Waals surface area contributed by atoms with Crippen molar-refractivity contribution in [3.63, 3.8) is 0 Å². The van der Waals surface area contributed by atoms with E-state index in [1.807, 2.05) is 30.0 Å². The normalized spacial score (nSPS) is 20.4. The Bertz CT molecular complexity index is 484. The largest absolute Gasteiger partial charge is 0.481 e. The number of carbonyl (C=O) groups is 1. The molecule has 0 saturated carbocycles. The van der Waals surface area contributed by atoms with Crippen LogP contribution in [0.1, 0.15) is 52.0 Å². The van der Waals surface area contributed by atoms with Crippen molar-refractivity contribution in [2.24, 2.45) is 5.92 Å². The SMILES string of the molecule is CC(C)c1ccccc1O[C@H](C)C(=O)N1CCC[C@H](C)C1. The zero-order valence-electron chi connectivity index (χ0n) is 13.6. The summed E-state index contributed by atoms with van der Waals surface area (Å²) in [4.78, 5) is 14.5. The van der Waals surface area contributed by atoms with Crippen LogP contribution < -0.4 is 4.74 Å². The molecule has 1 aliphatic rings. The van der Waals surface area contributed by atoms with E-state index in [4.69, 9.17) is 4.74 Å². The van der Waals surface area contributed by atoms with Crippen molar-refractivity contribution < 1.29 is 9.53 Å². The number of carbonyl (C=O) groups excluding carboxylic acids is 1. The van der Waals surface area contributed by atoms with Crippen LogP contribution in [0, 0.1) is 5.92 Å². The van der Waals surface area contributed by atoms with Crippen LogP contribution in [0.25, 0.3) is 0 Å². The molecule has 2 rings (SSSR count). The molecule has 3 heteroatoms. The molecule has 1 aromatic carbocycles. The van der Waals surface area contributed by atoms with Gasteiger partial charge in [-0.15, -0.1) is 0 Å². The molecule has 1 aromatic rings. The van der Waals surface area contributed by atoms with Gasteiger partial charge in [0.1, 0.15) is 5.75 Å². The van der Waals surface area contributed by atoms with Gasteiger partial charge in [-0.1, -0.05) is 39.0 Å². The molecule has 0 N–H and O–H groups in total. The van der Waals surface area contributed by atoms with E-state index < -0.39 is 6.10 Å². The summed E-state index contributed by atoms with van der Waals surface area (Å²) in [6, 6.07) is 8.00. The van der Waals surface area contributed by atoms with E-state index in [9.17, 15) is 4.79 Å². The Morgan fingerprint density at radius 2 is 2.00 bits per heavy atom. The zero-order chi connectivity index (χ0) is 15.4. The standard InChI is InChI=1S/C18H27NO2/c1-13(2)16-9-5-6-10-17(16)21-15(4)18(20)19-11-7-8-14(3)12-19/h5-6,9-10,13-15H,7-8,11-12H2,1-4H3/t14-,15+/m0/s1. The summed E-state index contributed by atoms with van der Waals surface area (Å²) in [5.41, 5.74) is 1.16. The molecule has 0 radical (unpaired) electrons. The summed E-state index contributed by atoms with van der Waals surface area (Å²) in [6.45, 7) is 10.1. The number of piperidine rings is 1. The molecule has 1 heterocycles. The first kappa shape index (κ1) is 15.9.